The van der Waals surface area contributed by atoms with E-state index in [2.05, 4.69) is 15.4 Å². The Morgan fingerprint density at radius 3 is 2.77 bits per heavy atom. The summed E-state index contributed by atoms with van der Waals surface area (Å²) < 4.78 is 67.2. The maximum absolute atomic E-state index is 13.4. The highest BCUT2D eigenvalue weighted by Gasteiger charge is 2.34. The molecule has 0 fully saturated rings. The van der Waals surface area contributed by atoms with Crippen LogP contribution in [0.1, 0.15) is 40.2 Å². The van der Waals surface area contributed by atoms with Crippen molar-refractivity contribution >= 4 is 21.5 Å². The Hall–Kier alpha value is -3.45. The van der Waals surface area contributed by atoms with Crippen LogP contribution in [0.5, 0.6) is 5.88 Å². The first-order valence-electron chi connectivity index (χ1n) is 10.8. The molecule has 0 radical (unpaired) electrons. The van der Waals surface area contributed by atoms with Crippen LogP contribution < -0.4 is 15.2 Å². The fourth-order valence-electron chi connectivity index (χ4n) is 4.50. The van der Waals surface area contributed by atoms with Gasteiger partial charge in [0, 0.05) is 24.7 Å². The highest BCUT2D eigenvalue weighted by molar-refractivity contribution is 7.90. The standard InChI is InChI=1S/C22H21F3N6O3S/c23-22(24,25)16-11-13(7-8-28-16)15-6-5-12-3-1-4-14(12)17(15)29-20(32)18-19(35(26,27)33)21-31(30-18)9-2-10-34-21/h5-8,11H,1-4,9-10H2,(H,29,32)(H3,26,27,33). The molecule has 35 heavy (non-hydrogen) atoms. The third kappa shape index (κ3) is 4.25. The van der Waals surface area contributed by atoms with Crippen LogP contribution in [0.4, 0.5) is 18.9 Å². The number of carbonyl (C=O) groups excluding carboxylic acids is 1. The van der Waals surface area contributed by atoms with E-state index >= 15 is 0 Å². The smallest absolute Gasteiger partial charge is 0.433 e. The molecular weight excluding hydrogens is 485 g/mol. The first kappa shape index (κ1) is 23.3. The summed E-state index contributed by atoms with van der Waals surface area (Å²) in [6, 6.07) is 5.87. The molecule has 0 bridgehead atoms. The lowest BCUT2D eigenvalue weighted by atomic mass is 9.97. The Labute approximate surface area is 198 Å². The van der Waals surface area contributed by atoms with Crippen molar-refractivity contribution in [3.05, 3.63) is 53.0 Å². The number of amides is 1. The van der Waals surface area contributed by atoms with Crippen molar-refractivity contribution in [3.8, 4) is 17.0 Å². The SMILES string of the molecule is N=S(N)(=O)c1c(C(=O)Nc2c(-c3ccnc(C(F)(F)F)c3)ccc3c2CCC3)nn2c1OCCC2. The number of rotatable bonds is 4. The molecule has 3 aromatic rings. The van der Waals surface area contributed by atoms with Gasteiger partial charge in [-0.15, -0.1) is 0 Å². The molecule has 1 aliphatic carbocycles. The number of nitrogens with two attached hydrogens (primary N) is 1. The summed E-state index contributed by atoms with van der Waals surface area (Å²) in [6.45, 7) is 0.698. The predicted molar refractivity (Wildman–Crippen MR) is 120 cm³/mol. The monoisotopic (exact) mass is 506 g/mol. The highest BCUT2D eigenvalue weighted by atomic mass is 32.2. The van der Waals surface area contributed by atoms with Crippen LogP contribution in [0.3, 0.4) is 0 Å². The molecule has 3 heterocycles. The molecule has 13 heteroatoms. The number of alkyl halides is 3. The lowest BCUT2D eigenvalue weighted by Gasteiger charge is -2.17. The van der Waals surface area contributed by atoms with Crippen molar-refractivity contribution in [1.82, 2.24) is 14.8 Å². The molecule has 1 atom stereocenters. The van der Waals surface area contributed by atoms with Crippen molar-refractivity contribution in [2.45, 2.75) is 43.3 Å². The molecule has 2 aromatic heterocycles. The van der Waals surface area contributed by atoms with E-state index in [1.165, 1.54) is 10.7 Å². The van der Waals surface area contributed by atoms with Gasteiger partial charge in [0.15, 0.2) is 10.6 Å². The summed E-state index contributed by atoms with van der Waals surface area (Å²) in [5.74, 6) is -0.756. The quantitative estimate of drug-likeness (QED) is 0.495. The molecular formula is C22H21F3N6O3S. The first-order valence-corrected chi connectivity index (χ1v) is 12.5. The number of benzene rings is 1. The summed E-state index contributed by atoms with van der Waals surface area (Å²) in [7, 11) is -3.87. The molecule has 4 N–H and O–H groups in total. The summed E-state index contributed by atoms with van der Waals surface area (Å²) in [4.78, 5) is 16.5. The largest absolute Gasteiger partial charge is 0.477 e. The number of fused-ring (bicyclic) bond motifs is 2. The van der Waals surface area contributed by atoms with Crippen LogP contribution in [0.15, 0.2) is 35.4 Å². The topological polar surface area (TPSA) is 136 Å². The van der Waals surface area contributed by atoms with E-state index < -0.39 is 27.7 Å². The third-order valence-electron chi connectivity index (χ3n) is 6.02. The molecule has 1 amide bonds. The van der Waals surface area contributed by atoms with Crippen molar-refractivity contribution in [1.29, 1.82) is 4.78 Å². The zero-order chi connectivity index (χ0) is 25.0. The van der Waals surface area contributed by atoms with Gasteiger partial charge in [-0.05, 0) is 48.1 Å². The van der Waals surface area contributed by atoms with Crippen LogP contribution >= 0.6 is 0 Å². The van der Waals surface area contributed by atoms with Gasteiger partial charge in [-0.25, -0.2) is 18.8 Å². The number of hydrogen-bond acceptors (Lipinski definition) is 6. The van der Waals surface area contributed by atoms with Crippen molar-refractivity contribution < 1.29 is 26.9 Å². The van der Waals surface area contributed by atoms with Gasteiger partial charge in [-0.1, -0.05) is 12.1 Å². The average Bonchev–Trinajstić information content (AvgIpc) is 3.43. The predicted octanol–water partition coefficient (Wildman–Crippen LogP) is 3.77. The molecule has 9 nitrogen and oxygen atoms in total. The van der Waals surface area contributed by atoms with Gasteiger partial charge in [-0.3, -0.25) is 9.78 Å². The molecule has 184 valence electrons. The van der Waals surface area contributed by atoms with Gasteiger partial charge in [-0.2, -0.15) is 18.3 Å². The van der Waals surface area contributed by atoms with E-state index in [-0.39, 0.29) is 22.0 Å². The summed E-state index contributed by atoms with van der Waals surface area (Å²) in [5, 5.41) is 12.6. The van der Waals surface area contributed by atoms with Gasteiger partial charge in [0.2, 0.25) is 5.88 Å². The van der Waals surface area contributed by atoms with E-state index in [0.717, 1.165) is 36.2 Å². The van der Waals surface area contributed by atoms with Crippen molar-refractivity contribution in [3.63, 3.8) is 0 Å². The second kappa shape index (κ2) is 8.34. The van der Waals surface area contributed by atoms with E-state index in [1.54, 1.807) is 6.07 Å². The Balaban J connectivity index is 1.62. The molecule has 1 unspecified atom stereocenters. The number of nitrogens with zero attached hydrogens (tertiary/aromatic N) is 3. The van der Waals surface area contributed by atoms with Gasteiger partial charge in [0.25, 0.3) is 5.91 Å². The second-order valence-corrected chi connectivity index (χ2v) is 9.98. The average molecular weight is 507 g/mol. The fraction of sp³-hybridized carbons (Fsp3) is 0.318. The number of aromatic nitrogens is 3. The van der Waals surface area contributed by atoms with Gasteiger partial charge < -0.3 is 10.1 Å². The number of anilines is 1. The number of aryl methyl sites for hydroxylation is 2. The highest BCUT2D eigenvalue weighted by Crippen LogP contribution is 2.40. The lowest BCUT2D eigenvalue weighted by molar-refractivity contribution is -0.141. The number of nitrogens with one attached hydrogen (secondary N) is 2. The number of hydrogen-bond donors (Lipinski definition) is 3. The minimum atomic E-state index is -4.63. The van der Waals surface area contributed by atoms with E-state index in [4.69, 9.17) is 14.7 Å². The Morgan fingerprint density at radius 2 is 2.03 bits per heavy atom. The molecule has 2 aliphatic rings. The van der Waals surface area contributed by atoms with Crippen LogP contribution in [-0.4, -0.2) is 31.5 Å². The molecule has 0 spiro atoms. The maximum Gasteiger partial charge on any atom is 0.433 e. The van der Waals surface area contributed by atoms with Crippen LogP contribution in [-0.2, 0) is 35.5 Å². The molecule has 0 saturated heterocycles. The number of pyridine rings is 1. The normalized spacial score (nSPS) is 16.7. The Kier molecular flexibility index (Phi) is 5.55. The van der Waals surface area contributed by atoms with E-state index in [1.807, 2.05) is 6.07 Å². The molecule has 1 aliphatic heterocycles. The molecule has 1 aromatic carbocycles. The first-order chi connectivity index (χ1) is 16.5. The molecule has 5 rings (SSSR count). The minimum Gasteiger partial charge on any atom is -0.477 e. The third-order valence-corrected chi connectivity index (χ3v) is 6.99. The van der Waals surface area contributed by atoms with Crippen LogP contribution in [0, 0.1) is 4.78 Å². The zero-order valence-electron chi connectivity index (χ0n) is 18.3. The minimum absolute atomic E-state index is 0.0198. The van der Waals surface area contributed by atoms with Gasteiger partial charge in [0.05, 0.1) is 12.3 Å². The maximum atomic E-state index is 13.4. The summed E-state index contributed by atoms with van der Waals surface area (Å²) in [5.41, 5.74) is 1.38. The van der Waals surface area contributed by atoms with E-state index in [9.17, 15) is 22.2 Å². The Bertz CT molecular complexity index is 1450. The van der Waals surface area contributed by atoms with Crippen molar-refractivity contribution in [2.75, 3.05) is 11.9 Å². The number of halogens is 3. The Morgan fingerprint density at radius 1 is 1.23 bits per heavy atom. The molecule has 0 saturated carbocycles. The van der Waals surface area contributed by atoms with Gasteiger partial charge in [0.1, 0.15) is 15.6 Å². The summed E-state index contributed by atoms with van der Waals surface area (Å²) >= 11 is 0. The van der Waals surface area contributed by atoms with E-state index in [0.29, 0.717) is 37.2 Å². The van der Waals surface area contributed by atoms with Gasteiger partial charge >= 0.3 is 6.18 Å². The summed E-state index contributed by atoms with van der Waals surface area (Å²) in [6.07, 6.45) is -0.733. The zero-order valence-corrected chi connectivity index (χ0v) is 19.1. The lowest BCUT2D eigenvalue weighted by Crippen LogP contribution is -2.20. The fourth-order valence-corrected chi connectivity index (χ4v) is 5.35. The second-order valence-electron chi connectivity index (χ2n) is 8.37. The number of carbonyl (C=O) groups is 1. The number of ether oxygens (including phenoxy) is 1. The van der Waals surface area contributed by atoms with Crippen molar-refractivity contribution in [2.24, 2.45) is 5.14 Å². The van der Waals surface area contributed by atoms with Crippen LogP contribution in [0.2, 0.25) is 0 Å². The van der Waals surface area contributed by atoms with Crippen LogP contribution in [0.25, 0.3) is 11.1 Å².